The molecular weight excluding hydrogens is 1770 g/mol. The van der Waals surface area contributed by atoms with Gasteiger partial charge in [0.05, 0.1) is 137 Å². The maximum atomic E-state index is 9.99. The largest absolute Gasteiger partial charge is 0.553 e. The second-order valence-corrected chi connectivity index (χ2v) is 15.2. The first kappa shape index (κ1) is 82.3. The van der Waals surface area contributed by atoms with Crippen LogP contribution in [0, 0.1) is 42.7 Å². The van der Waals surface area contributed by atoms with Crippen molar-refractivity contribution in [2.75, 3.05) is 159 Å². The van der Waals surface area contributed by atoms with E-state index in [0.717, 1.165) is 0 Å². The van der Waals surface area contributed by atoms with Gasteiger partial charge in [-0.05, 0) is 19.3 Å². The zero-order chi connectivity index (χ0) is 54.6. The number of ether oxygens (including phenoxy) is 15. The van der Waals surface area contributed by atoms with Crippen molar-refractivity contribution in [3.8, 4) is 0 Å². The quantitative estimate of drug-likeness (QED) is 0.0202. The van der Waals surface area contributed by atoms with Crippen molar-refractivity contribution in [3.63, 3.8) is 0 Å². The molecule has 0 bridgehead atoms. The molecule has 9 unspecified atom stereocenters. The van der Waals surface area contributed by atoms with Gasteiger partial charge in [0.2, 0.25) is 0 Å². The molecule has 0 heterocycles. The third-order valence-electron chi connectivity index (χ3n) is 9.15. The molecule has 444 valence electrons. The minimum Gasteiger partial charge on any atom is -0.553 e. The van der Waals surface area contributed by atoms with Gasteiger partial charge in [0, 0.05) is 39.6 Å². The molecule has 0 aromatic rings. The second-order valence-electron chi connectivity index (χ2n) is 15.2. The predicted molar refractivity (Wildman–Crippen MR) is 251 cm³/mol. The molecule has 27 nitrogen and oxygen atoms in total. The molecule has 0 amide bonds. The molecule has 12 N–H and O–H groups in total. The van der Waals surface area contributed by atoms with E-state index in [0.29, 0.717) is 58.9 Å². The summed E-state index contributed by atoms with van der Waals surface area (Å²) in [6.45, 7) is 2.37. The first-order chi connectivity index (χ1) is 34.7. The molecule has 0 aromatic carbocycles. The Hall–Kier alpha value is -4.08. The van der Waals surface area contributed by atoms with E-state index in [-0.39, 0.29) is 137 Å². The standard InChI is InChI=1S/C21H39O12.3C8H17O5.3Rf/c1-28-7-16(22)19(25)10-31-13-4-14(32-11-20(26)17(23)8-29-2)6-15(5-13)33-12-21(27)18(24)9-30-3;3*1-11-6-8(13-5-3-10)7-12-4-2-9;;;/h13-27H,1-12H2;3*8-10H,1-7H2;;;/q-3;3*-1;;;. The molecule has 1 aliphatic rings. The van der Waals surface area contributed by atoms with Crippen LogP contribution in [0.25, 0.3) is 0 Å². The van der Waals surface area contributed by atoms with Gasteiger partial charge in [0.15, 0.2) is 0 Å². The first-order valence-corrected chi connectivity index (χ1v) is 23.1. The molecule has 1 fully saturated rings. The summed E-state index contributed by atoms with van der Waals surface area (Å²) < 4.78 is 75.3. The van der Waals surface area contributed by atoms with Crippen molar-refractivity contribution >= 4 is 0 Å². The van der Waals surface area contributed by atoms with E-state index in [2.05, 4.69) is 71.1 Å². The van der Waals surface area contributed by atoms with Crippen molar-refractivity contribution in [2.24, 2.45) is 0 Å². The van der Waals surface area contributed by atoms with Crippen LogP contribution in [0.4, 0.5) is 0 Å². The summed E-state index contributed by atoms with van der Waals surface area (Å²) in [6, 6.07) is 0. The molecule has 1 saturated carbocycles. The van der Waals surface area contributed by atoms with E-state index in [1.807, 2.05) is 0 Å². The van der Waals surface area contributed by atoms with Crippen LogP contribution in [0.3, 0.4) is 0 Å². The number of hydrogen-bond acceptors (Lipinski definition) is 27. The normalized spacial score (nSPS) is 18.7. The van der Waals surface area contributed by atoms with Gasteiger partial charge in [-0.1, -0.05) is 0 Å². The fourth-order valence-corrected chi connectivity index (χ4v) is 5.63. The smallest absolute Gasteiger partial charge is 0.105 e. The maximum absolute atomic E-state index is 9.99. The zero-order valence-corrected chi connectivity index (χ0v) is 63.1. The fourth-order valence-electron chi connectivity index (χ4n) is 5.63. The van der Waals surface area contributed by atoms with Crippen LogP contribution >= 0.6 is 0 Å². The Bertz CT molecular complexity index is 938. The average molecular weight is 1860 g/mol. The Kier molecular flexibility index (Phi) is 66.7. The SMILES string of the molecule is [CH2-]OCC(COCCO)OCCO.[CH2-]OCC(COCCO)OCCO.[CH2-]OCC(COCCO)OCCO.[CH2-]OCC(O)C(O)COC1CC(OCC(O)C(O)CO[CH2-])CC(OCC(O)C(O)CO[CH2-])C1.[Rf].[Rf].[Rf]. The Morgan fingerprint density at radius 2 is 0.493 bits per heavy atom. The molecule has 0 aliphatic heterocycles. The molecule has 0 radical (unpaired) electrons. The molecular formula is C45H90O27Rf3-6. The fraction of sp³-hybridized carbons (Fsp3) is 0.867. The maximum Gasteiger partial charge on any atom is 0.105 e. The second kappa shape index (κ2) is 60.8. The molecule has 1 rings (SSSR count). The van der Waals surface area contributed by atoms with Gasteiger partial charge < -0.3 is 132 Å². The Morgan fingerprint density at radius 1 is 0.293 bits per heavy atom. The van der Waals surface area contributed by atoms with Gasteiger partial charge >= 0.3 is 0 Å². The van der Waals surface area contributed by atoms with Gasteiger partial charge in [-0.2, -0.15) is 0 Å². The van der Waals surface area contributed by atoms with Gasteiger partial charge in [-0.25, -0.2) is 42.7 Å². The van der Waals surface area contributed by atoms with E-state index in [1.54, 1.807) is 0 Å². The van der Waals surface area contributed by atoms with E-state index in [1.165, 1.54) is 0 Å². The number of hydrogen-bond donors (Lipinski definition) is 12. The third-order valence-corrected chi connectivity index (χ3v) is 9.15. The Labute approximate surface area is 425 Å². The topological polar surface area (TPSA) is 381 Å². The Balaban J connectivity index is -0.000000236. The van der Waals surface area contributed by atoms with Crippen LogP contribution < -0.4 is 0 Å². The van der Waals surface area contributed by atoms with Crippen molar-refractivity contribution in [1.82, 2.24) is 0 Å². The van der Waals surface area contributed by atoms with Crippen LogP contribution in [0.15, 0.2) is 0 Å². The molecule has 0 spiro atoms. The number of rotatable bonds is 45. The first-order valence-electron chi connectivity index (χ1n) is 23.1. The monoisotopic (exact) mass is 1860 g/mol. The summed E-state index contributed by atoms with van der Waals surface area (Å²) in [7, 11) is 19.1. The van der Waals surface area contributed by atoms with Crippen LogP contribution in [0.2, 0.25) is 0 Å². The third kappa shape index (κ3) is 50.5. The minimum atomic E-state index is -1.19. The Morgan fingerprint density at radius 3 is 0.680 bits per heavy atom. The van der Waals surface area contributed by atoms with Crippen molar-refractivity contribution in [1.29, 1.82) is 0 Å². The van der Waals surface area contributed by atoms with Crippen molar-refractivity contribution < 1.29 is 132 Å². The molecule has 75 heavy (non-hydrogen) atoms. The molecule has 9 atom stereocenters. The van der Waals surface area contributed by atoms with Crippen LogP contribution in [-0.4, -0.2) is 293 Å². The molecule has 0 aromatic heterocycles. The van der Waals surface area contributed by atoms with Crippen LogP contribution in [0.5, 0.6) is 0 Å². The predicted octanol–water partition coefficient (Wildman–Crippen LogP) is -4.54. The van der Waals surface area contributed by atoms with E-state index in [4.69, 9.17) is 73.3 Å². The van der Waals surface area contributed by atoms with Gasteiger partial charge in [-0.15, -0.1) is 0 Å². The van der Waals surface area contributed by atoms with Crippen LogP contribution in [-0.2, 0) is 71.1 Å². The molecule has 1 aliphatic carbocycles. The van der Waals surface area contributed by atoms with E-state index >= 15 is 0 Å². The summed E-state index contributed by atoms with van der Waals surface area (Å²) in [4.78, 5) is 0. The summed E-state index contributed by atoms with van der Waals surface area (Å²) >= 11 is 0. The average Bonchev–Trinajstić information content (AvgIpc) is 3.37. The van der Waals surface area contributed by atoms with Crippen molar-refractivity contribution in [3.05, 3.63) is 42.7 Å². The van der Waals surface area contributed by atoms with Gasteiger partial charge in [0.1, 0.15) is 54.9 Å². The van der Waals surface area contributed by atoms with Crippen molar-refractivity contribution in [2.45, 2.75) is 92.5 Å². The summed E-state index contributed by atoms with van der Waals surface area (Å²) in [6.07, 6.45) is -7.83. The summed E-state index contributed by atoms with van der Waals surface area (Å²) in [5.41, 5.74) is 0. The van der Waals surface area contributed by atoms with E-state index < -0.39 is 54.9 Å². The number of aliphatic hydroxyl groups is 12. The molecule has 30 heteroatoms. The zero-order valence-electron chi connectivity index (χ0n) is 43.9. The van der Waals surface area contributed by atoms with E-state index in [9.17, 15) is 30.6 Å². The summed E-state index contributed by atoms with van der Waals surface area (Å²) in [5, 5.41) is 110. The minimum absolute atomic E-state index is 0. The van der Waals surface area contributed by atoms with Crippen LogP contribution in [0.1, 0.15) is 19.3 Å². The van der Waals surface area contributed by atoms with Gasteiger partial charge in [-0.3, -0.25) is 0 Å². The summed E-state index contributed by atoms with van der Waals surface area (Å²) in [5.74, 6) is 0. The molecule has 0 saturated heterocycles. The number of aliphatic hydroxyl groups excluding tert-OH is 12. The van der Waals surface area contributed by atoms with Gasteiger partial charge in [0.25, 0.3) is 0 Å².